The quantitative estimate of drug-likeness (QED) is 0.727. The second kappa shape index (κ2) is 6.34. The Balaban J connectivity index is 1.47. The van der Waals surface area contributed by atoms with Crippen LogP contribution in [0.4, 0.5) is 11.8 Å². The number of Topliss-reactive ketones (excluding diaryl/α,β-unsaturated/α-hetero) is 1. The smallest absolute Gasteiger partial charge is 0.221 e. The van der Waals surface area contributed by atoms with Crippen molar-refractivity contribution in [2.24, 2.45) is 5.92 Å². The van der Waals surface area contributed by atoms with E-state index in [0.717, 1.165) is 49.0 Å². The second-order valence-electron chi connectivity index (χ2n) is 7.53. The predicted octanol–water partition coefficient (Wildman–Crippen LogP) is 3.41. The fraction of sp³-hybridized carbons (Fsp3) is 0.318. The molecule has 5 rings (SSSR count). The molecule has 0 saturated carbocycles. The number of carbonyl (C=O) groups is 1. The Morgan fingerprint density at radius 2 is 1.96 bits per heavy atom. The molecule has 2 N–H and O–H groups in total. The molecule has 0 unspecified atom stereocenters. The number of nitrogen functional groups attached to an aromatic ring is 1. The topological polar surface area (TPSA) is 72.1 Å². The molecule has 5 heteroatoms. The van der Waals surface area contributed by atoms with E-state index in [1.54, 1.807) is 6.20 Å². The summed E-state index contributed by atoms with van der Waals surface area (Å²) < 4.78 is 0. The summed E-state index contributed by atoms with van der Waals surface area (Å²) in [4.78, 5) is 23.9. The highest BCUT2D eigenvalue weighted by Gasteiger charge is 2.29. The summed E-state index contributed by atoms with van der Waals surface area (Å²) >= 11 is 0. The zero-order chi connectivity index (χ0) is 18.4. The van der Waals surface area contributed by atoms with Crippen molar-refractivity contribution in [1.29, 1.82) is 0 Å². The van der Waals surface area contributed by atoms with Gasteiger partial charge in [0.25, 0.3) is 0 Å². The van der Waals surface area contributed by atoms with Gasteiger partial charge in [0.1, 0.15) is 5.82 Å². The number of hydrogen-bond donors (Lipinski definition) is 1. The molecule has 2 aliphatic rings. The first kappa shape index (κ1) is 16.2. The van der Waals surface area contributed by atoms with E-state index < -0.39 is 0 Å². The molecule has 136 valence electrons. The average molecular weight is 358 g/mol. The zero-order valence-corrected chi connectivity index (χ0v) is 15.2. The lowest BCUT2D eigenvalue weighted by Crippen LogP contribution is -2.39. The Kier molecular flexibility index (Phi) is 3.81. The lowest BCUT2D eigenvalue weighted by atomic mass is 9.87. The highest BCUT2D eigenvalue weighted by molar-refractivity contribution is 6.11. The van der Waals surface area contributed by atoms with Gasteiger partial charge in [0.05, 0.1) is 0 Å². The van der Waals surface area contributed by atoms with Crippen LogP contribution in [0.3, 0.4) is 0 Å². The summed E-state index contributed by atoms with van der Waals surface area (Å²) in [6, 6.07) is 12.4. The molecule has 0 spiro atoms. The number of anilines is 2. The van der Waals surface area contributed by atoms with Gasteiger partial charge < -0.3 is 10.6 Å². The number of aromatic nitrogens is 2. The monoisotopic (exact) mass is 358 g/mol. The van der Waals surface area contributed by atoms with E-state index in [1.807, 2.05) is 12.1 Å². The lowest BCUT2D eigenvalue weighted by molar-refractivity contribution is 0.0909. The molecule has 0 bridgehead atoms. The van der Waals surface area contributed by atoms with Crippen molar-refractivity contribution in [3.05, 3.63) is 59.3 Å². The van der Waals surface area contributed by atoms with Crippen molar-refractivity contribution in [3.63, 3.8) is 0 Å². The van der Waals surface area contributed by atoms with Crippen LogP contribution in [0.2, 0.25) is 0 Å². The average Bonchev–Trinajstić information content (AvgIpc) is 3.13. The minimum absolute atomic E-state index is 0.0200. The molecule has 0 amide bonds. The Labute approximate surface area is 158 Å². The largest absolute Gasteiger partial charge is 0.368 e. The molecule has 0 radical (unpaired) electrons. The van der Waals surface area contributed by atoms with Gasteiger partial charge in [-0.15, -0.1) is 0 Å². The number of rotatable bonds is 3. The van der Waals surface area contributed by atoms with Gasteiger partial charge in [-0.05, 0) is 53.6 Å². The van der Waals surface area contributed by atoms with Crippen molar-refractivity contribution in [3.8, 4) is 0 Å². The summed E-state index contributed by atoms with van der Waals surface area (Å²) in [5.74, 6) is 1.31. The van der Waals surface area contributed by atoms with Crippen molar-refractivity contribution in [2.75, 3.05) is 23.7 Å². The van der Waals surface area contributed by atoms with Crippen LogP contribution >= 0.6 is 0 Å². The molecule has 1 fully saturated rings. The first-order chi connectivity index (χ1) is 13.2. The molecule has 1 aliphatic carbocycles. The molecule has 1 aromatic heterocycles. The Hall–Kier alpha value is -2.95. The van der Waals surface area contributed by atoms with Crippen LogP contribution in [0, 0.1) is 5.92 Å². The fourth-order valence-corrected chi connectivity index (χ4v) is 4.62. The molecule has 2 heterocycles. The number of nitrogens with two attached hydrogens (primary N) is 1. The number of piperidine rings is 1. The van der Waals surface area contributed by atoms with Crippen LogP contribution in [-0.4, -0.2) is 28.8 Å². The standard InChI is InChI=1S/C22H22N4O/c23-22-24-11-10-19(25-22)26-12-2-4-16(13-26)21(27)18-9-8-15-7-6-14-3-1-5-17(18)20(14)15/h1,3,5,8-11,16H,2,4,6-7,12-13H2,(H2,23,24,25)/t16-/m0/s1. The number of hydrogen-bond acceptors (Lipinski definition) is 5. The van der Waals surface area contributed by atoms with Gasteiger partial charge >= 0.3 is 0 Å². The van der Waals surface area contributed by atoms with Gasteiger partial charge in [0, 0.05) is 30.8 Å². The number of carbonyl (C=O) groups excluding carboxylic acids is 1. The van der Waals surface area contributed by atoms with Crippen molar-refractivity contribution >= 4 is 28.3 Å². The van der Waals surface area contributed by atoms with E-state index in [1.165, 1.54) is 16.5 Å². The van der Waals surface area contributed by atoms with Gasteiger partial charge in [0.15, 0.2) is 5.78 Å². The third kappa shape index (κ3) is 2.74. The van der Waals surface area contributed by atoms with E-state index >= 15 is 0 Å². The molecule has 5 nitrogen and oxygen atoms in total. The Morgan fingerprint density at radius 1 is 1.11 bits per heavy atom. The van der Waals surface area contributed by atoms with Crippen LogP contribution in [0.25, 0.3) is 10.8 Å². The highest BCUT2D eigenvalue weighted by Crippen LogP contribution is 2.34. The minimum Gasteiger partial charge on any atom is -0.368 e. The lowest BCUT2D eigenvalue weighted by Gasteiger charge is -2.33. The zero-order valence-electron chi connectivity index (χ0n) is 15.2. The molecule has 1 atom stereocenters. The summed E-state index contributed by atoms with van der Waals surface area (Å²) in [5.41, 5.74) is 9.35. The SMILES string of the molecule is Nc1nccc(N2CCC[C@H](C(=O)c3ccc4c5c(cccc35)CC4)C2)n1. The number of benzene rings is 2. The number of aryl methyl sites for hydroxylation is 2. The molecule has 1 aliphatic heterocycles. The van der Waals surface area contributed by atoms with Crippen LogP contribution in [0.5, 0.6) is 0 Å². The van der Waals surface area contributed by atoms with Crippen molar-refractivity contribution < 1.29 is 4.79 Å². The summed E-state index contributed by atoms with van der Waals surface area (Å²) in [5, 5.41) is 2.43. The van der Waals surface area contributed by atoms with Crippen molar-refractivity contribution in [1.82, 2.24) is 9.97 Å². The maximum atomic E-state index is 13.4. The maximum absolute atomic E-state index is 13.4. The van der Waals surface area contributed by atoms with E-state index in [4.69, 9.17) is 5.73 Å². The molecular formula is C22H22N4O. The normalized spacial score (nSPS) is 18.8. The van der Waals surface area contributed by atoms with Crippen molar-refractivity contribution in [2.45, 2.75) is 25.7 Å². The molecule has 3 aromatic rings. The van der Waals surface area contributed by atoms with E-state index in [2.05, 4.69) is 39.1 Å². The summed E-state index contributed by atoms with van der Waals surface area (Å²) in [6.07, 6.45) is 5.72. The van der Waals surface area contributed by atoms with Gasteiger partial charge in [-0.2, -0.15) is 4.98 Å². The first-order valence-electron chi connectivity index (χ1n) is 9.62. The Bertz CT molecular complexity index is 1040. The summed E-state index contributed by atoms with van der Waals surface area (Å²) in [6.45, 7) is 1.57. The molecule has 1 saturated heterocycles. The van der Waals surface area contributed by atoms with Crippen LogP contribution in [0.15, 0.2) is 42.6 Å². The Morgan fingerprint density at radius 3 is 2.81 bits per heavy atom. The maximum Gasteiger partial charge on any atom is 0.221 e. The van der Waals surface area contributed by atoms with Crippen LogP contribution < -0.4 is 10.6 Å². The predicted molar refractivity (Wildman–Crippen MR) is 107 cm³/mol. The van der Waals surface area contributed by atoms with Gasteiger partial charge in [-0.25, -0.2) is 4.98 Å². The number of ketones is 1. The van der Waals surface area contributed by atoms with Gasteiger partial charge in [-0.3, -0.25) is 4.79 Å². The van der Waals surface area contributed by atoms with Gasteiger partial charge in [0.2, 0.25) is 5.95 Å². The molecule has 27 heavy (non-hydrogen) atoms. The fourth-order valence-electron chi connectivity index (χ4n) is 4.62. The van der Waals surface area contributed by atoms with E-state index in [-0.39, 0.29) is 17.6 Å². The van der Waals surface area contributed by atoms with E-state index in [0.29, 0.717) is 6.54 Å². The second-order valence-corrected chi connectivity index (χ2v) is 7.53. The third-order valence-corrected chi connectivity index (χ3v) is 5.92. The number of nitrogens with zero attached hydrogens (tertiary/aromatic N) is 3. The van der Waals surface area contributed by atoms with Crippen LogP contribution in [0.1, 0.15) is 34.3 Å². The first-order valence-corrected chi connectivity index (χ1v) is 9.62. The third-order valence-electron chi connectivity index (χ3n) is 5.92. The van der Waals surface area contributed by atoms with Crippen LogP contribution in [-0.2, 0) is 12.8 Å². The summed E-state index contributed by atoms with van der Waals surface area (Å²) in [7, 11) is 0. The van der Waals surface area contributed by atoms with E-state index in [9.17, 15) is 4.79 Å². The minimum atomic E-state index is -0.0200. The highest BCUT2D eigenvalue weighted by atomic mass is 16.1. The van der Waals surface area contributed by atoms with Gasteiger partial charge in [-0.1, -0.05) is 30.3 Å². The molecule has 2 aromatic carbocycles. The molecular weight excluding hydrogens is 336 g/mol.